The van der Waals surface area contributed by atoms with Crippen LogP contribution in [0.2, 0.25) is 0 Å². The lowest BCUT2D eigenvalue weighted by Crippen LogP contribution is -2.38. The summed E-state index contributed by atoms with van der Waals surface area (Å²) in [6.07, 6.45) is 0.309. The quantitative estimate of drug-likeness (QED) is 0.790. The number of hydrogen-bond acceptors (Lipinski definition) is 5. The van der Waals surface area contributed by atoms with Crippen LogP contribution in [0.4, 0.5) is 0 Å². The highest BCUT2D eigenvalue weighted by Crippen LogP contribution is 2.26. The number of carbonyl (C=O) groups is 1. The van der Waals surface area contributed by atoms with E-state index >= 15 is 0 Å². The number of sulfonamides is 1. The Labute approximate surface area is 116 Å². The van der Waals surface area contributed by atoms with E-state index in [-0.39, 0.29) is 29.0 Å². The number of carboxylic acid groups (broad SMARTS) is 1. The molecule has 108 valence electrons. The lowest BCUT2D eigenvalue weighted by Gasteiger charge is -2.25. The van der Waals surface area contributed by atoms with Crippen LogP contribution in [-0.4, -0.2) is 48.1 Å². The summed E-state index contributed by atoms with van der Waals surface area (Å²) in [6, 6.07) is 0.996. The number of hydrogen-bond donors (Lipinski definition) is 2. The van der Waals surface area contributed by atoms with Gasteiger partial charge in [0.25, 0.3) is 0 Å². The Kier molecular flexibility index (Phi) is 5.48. The van der Waals surface area contributed by atoms with E-state index in [1.165, 1.54) is 15.8 Å². The monoisotopic (exact) mass is 307 g/mol. The number of nitrogens with zero attached hydrogens (tertiary/aromatic N) is 1. The normalized spacial score (nSPS) is 12.3. The van der Waals surface area contributed by atoms with Crippen LogP contribution >= 0.6 is 11.3 Å². The van der Waals surface area contributed by atoms with Crippen LogP contribution in [0, 0.1) is 0 Å². The first-order chi connectivity index (χ1) is 8.82. The Morgan fingerprint density at radius 2 is 2.11 bits per heavy atom. The Morgan fingerprint density at radius 1 is 1.47 bits per heavy atom. The zero-order valence-corrected chi connectivity index (χ0v) is 12.4. The van der Waals surface area contributed by atoms with Gasteiger partial charge in [0.05, 0.1) is 0 Å². The first-order valence-electron chi connectivity index (χ1n) is 5.75. The second-order valence-corrected chi connectivity index (χ2v) is 6.98. The number of thiophene rings is 1. The largest absolute Gasteiger partial charge is 0.477 e. The highest BCUT2D eigenvalue weighted by Gasteiger charge is 2.31. The second-order valence-electron chi connectivity index (χ2n) is 4.21. The van der Waals surface area contributed by atoms with Crippen molar-refractivity contribution in [3.8, 4) is 0 Å². The van der Waals surface area contributed by atoms with E-state index < -0.39 is 16.0 Å². The van der Waals surface area contributed by atoms with Crippen LogP contribution in [0.3, 0.4) is 0 Å². The minimum atomic E-state index is -3.85. The van der Waals surface area contributed by atoms with Crippen LogP contribution in [0.15, 0.2) is 16.3 Å². The molecule has 8 heteroatoms. The number of carboxylic acids is 1. The molecular formula is C11H17NO5S2. The summed E-state index contributed by atoms with van der Waals surface area (Å²) in [5.74, 6) is -1.25. The third-order valence-electron chi connectivity index (χ3n) is 2.52. The molecule has 0 radical (unpaired) electrons. The Hall–Kier alpha value is -0.960. The average molecular weight is 307 g/mol. The van der Waals surface area contributed by atoms with Gasteiger partial charge in [0.1, 0.15) is 9.77 Å². The highest BCUT2D eigenvalue weighted by atomic mass is 32.2. The Balaban J connectivity index is 3.19. The maximum atomic E-state index is 12.5. The highest BCUT2D eigenvalue weighted by molar-refractivity contribution is 7.89. The summed E-state index contributed by atoms with van der Waals surface area (Å²) < 4.78 is 26.1. The van der Waals surface area contributed by atoms with Gasteiger partial charge in [0, 0.05) is 19.2 Å². The van der Waals surface area contributed by atoms with Crippen LogP contribution in [-0.2, 0) is 10.0 Å². The summed E-state index contributed by atoms with van der Waals surface area (Å²) in [4.78, 5) is 10.7. The smallest absolute Gasteiger partial charge is 0.347 e. The molecule has 0 aliphatic rings. The van der Waals surface area contributed by atoms with Crippen LogP contribution in [0.1, 0.15) is 29.9 Å². The van der Waals surface area contributed by atoms with Crippen molar-refractivity contribution < 1.29 is 23.4 Å². The van der Waals surface area contributed by atoms with E-state index in [9.17, 15) is 13.2 Å². The maximum Gasteiger partial charge on any atom is 0.347 e. The zero-order chi connectivity index (χ0) is 14.6. The lowest BCUT2D eigenvalue weighted by atomic mass is 10.3. The van der Waals surface area contributed by atoms with Gasteiger partial charge in [-0.1, -0.05) is 0 Å². The molecule has 0 saturated heterocycles. The third kappa shape index (κ3) is 3.53. The molecule has 6 nitrogen and oxygen atoms in total. The molecule has 2 N–H and O–H groups in total. The minimum absolute atomic E-state index is 0.117. The number of rotatable bonds is 7. The molecule has 0 aliphatic heterocycles. The number of aliphatic hydroxyl groups excluding tert-OH is 1. The van der Waals surface area contributed by atoms with Crippen molar-refractivity contribution in [3.63, 3.8) is 0 Å². The van der Waals surface area contributed by atoms with Crippen molar-refractivity contribution in [2.75, 3.05) is 13.2 Å². The molecule has 19 heavy (non-hydrogen) atoms. The van der Waals surface area contributed by atoms with Crippen molar-refractivity contribution >= 4 is 27.3 Å². The number of aromatic carboxylic acids is 1. The fraction of sp³-hybridized carbons (Fsp3) is 0.545. The third-order valence-corrected chi connectivity index (χ3v) is 5.67. The van der Waals surface area contributed by atoms with Gasteiger partial charge in [0.2, 0.25) is 10.0 Å². The van der Waals surface area contributed by atoms with Gasteiger partial charge >= 0.3 is 5.97 Å². The molecule has 1 rings (SSSR count). The van der Waals surface area contributed by atoms with Gasteiger partial charge in [0.15, 0.2) is 0 Å². The minimum Gasteiger partial charge on any atom is -0.477 e. The van der Waals surface area contributed by atoms with Crippen molar-refractivity contribution in [3.05, 3.63) is 16.3 Å². The van der Waals surface area contributed by atoms with Gasteiger partial charge in [-0.3, -0.25) is 0 Å². The maximum absolute atomic E-state index is 12.5. The summed E-state index contributed by atoms with van der Waals surface area (Å²) in [5, 5.41) is 19.3. The second kappa shape index (κ2) is 6.47. The average Bonchev–Trinajstić information content (AvgIpc) is 2.78. The van der Waals surface area contributed by atoms with E-state index in [1.807, 2.05) is 0 Å². The van der Waals surface area contributed by atoms with Crippen LogP contribution in [0.25, 0.3) is 0 Å². The molecule has 0 atom stereocenters. The molecule has 0 spiro atoms. The number of aliphatic hydroxyl groups is 1. The standard InChI is InChI=1S/C11H17NO5S2/c1-8(2)12(5-3-6-13)19(16,17)9-4-7-18-10(9)11(14)15/h4,7-8,13H,3,5-6H2,1-2H3,(H,14,15). The molecule has 1 aromatic rings. The fourth-order valence-corrected chi connectivity index (χ4v) is 4.58. The summed E-state index contributed by atoms with van der Waals surface area (Å²) in [7, 11) is -3.85. The predicted octanol–water partition coefficient (Wildman–Crippen LogP) is 1.23. The topological polar surface area (TPSA) is 94.9 Å². The van der Waals surface area contributed by atoms with Crippen molar-refractivity contribution in [1.82, 2.24) is 4.31 Å². The van der Waals surface area contributed by atoms with E-state index in [4.69, 9.17) is 10.2 Å². The molecule has 0 bridgehead atoms. The molecule has 1 aromatic heterocycles. The summed E-state index contributed by atoms with van der Waals surface area (Å²) in [5.41, 5.74) is 0. The van der Waals surface area contributed by atoms with Gasteiger partial charge in [-0.2, -0.15) is 4.31 Å². The Morgan fingerprint density at radius 3 is 2.58 bits per heavy atom. The molecule has 1 heterocycles. The molecule has 0 amide bonds. The van der Waals surface area contributed by atoms with E-state index in [1.54, 1.807) is 13.8 Å². The van der Waals surface area contributed by atoms with Gasteiger partial charge < -0.3 is 10.2 Å². The zero-order valence-electron chi connectivity index (χ0n) is 10.7. The predicted molar refractivity (Wildman–Crippen MR) is 72.0 cm³/mol. The molecule has 0 aromatic carbocycles. The van der Waals surface area contributed by atoms with Crippen LogP contribution in [0.5, 0.6) is 0 Å². The van der Waals surface area contributed by atoms with Gasteiger partial charge in [-0.15, -0.1) is 11.3 Å². The SMILES string of the molecule is CC(C)N(CCCO)S(=O)(=O)c1ccsc1C(=O)O. The summed E-state index contributed by atoms with van der Waals surface area (Å²) in [6.45, 7) is 3.46. The van der Waals surface area contributed by atoms with Crippen molar-refractivity contribution in [1.29, 1.82) is 0 Å². The van der Waals surface area contributed by atoms with Gasteiger partial charge in [-0.05, 0) is 31.7 Å². The van der Waals surface area contributed by atoms with Crippen LogP contribution < -0.4 is 0 Å². The fourth-order valence-electron chi connectivity index (χ4n) is 1.67. The molecule has 0 unspecified atom stereocenters. The Bertz CT molecular complexity index is 535. The molecule has 0 aliphatic carbocycles. The molecule has 0 saturated carbocycles. The van der Waals surface area contributed by atoms with Gasteiger partial charge in [-0.25, -0.2) is 13.2 Å². The molecular weight excluding hydrogens is 290 g/mol. The van der Waals surface area contributed by atoms with Crippen molar-refractivity contribution in [2.24, 2.45) is 0 Å². The van der Waals surface area contributed by atoms with E-state index in [0.29, 0.717) is 6.42 Å². The molecule has 0 fully saturated rings. The first-order valence-corrected chi connectivity index (χ1v) is 8.07. The van der Waals surface area contributed by atoms with Crippen molar-refractivity contribution in [2.45, 2.75) is 31.2 Å². The first kappa shape index (κ1) is 16.1. The summed E-state index contributed by atoms with van der Waals surface area (Å²) >= 11 is 0.883. The van der Waals surface area contributed by atoms with E-state index in [2.05, 4.69) is 0 Å². The van der Waals surface area contributed by atoms with E-state index in [0.717, 1.165) is 11.3 Å². The lowest BCUT2D eigenvalue weighted by molar-refractivity contribution is 0.0698.